The number of amides is 2. The first kappa shape index (κ1) is 23.0. The molecule has 168 valence electrons. The number of imidazole rings is 1. The van der Waals surface area contributed by atoms with Crippen molar-refractivity contribution < 1.29 is 19.4 Å². The molecule has 1 atom stereocenters. The number of hydrogen-bond donors (Lipinski definition) is 3. The lowest BCUT2D eigenvalue weighted by Crippen LogP contribution is -2.38. The van der Waals surface area contributed by atoms with E-state index in [-0.39, 0.29) is 12.5 Å². The lowest BCUT2D eigenvalue weighted by molar-refractivity contribution is -0.140. The highest BCUT2D eigenvalue weighted by Gasteiger charge is 2.16. The smallest absolute Gasteiger partial charge is 0.321 e. The van der Waals surface area contributed by atoms with E-state index in [4.69, 9.17) is 9.84 Å². The summed E-state index contributed by atoms with van der Waals surface area (Å²) in [7, 11) is 1.70. The van der Waals surface area contributed by atoms with Gasteiger partial charge in [-0.05, 0) is 24.6 Å². The Kier molecular flexibility index (Phi) is 7.93. The first-order valence-corrected chi connectivity index (χ1v) is 10.4. The summed E-state index contributed by atoms with van der Waals surface area (Å²) < 4.78 is 5.56. The molecule has 0 aliphatic heterocycles. The Hall–Kier alpha value is -3.72. The Morgan fingerprint density at radius 3 is 2.62 bits per heavy atom. The molecular weight excluding hydrogens is 410 g/mol. The fourth-order valence-electron chi connectivity index (χ4n) is 3.25. The zero-order chi connectivity index (χ0) is 22.9. The molecule has 0 radical (unpaired) electrons. The van der Waals surface area contributed by atoms with Gasteiger partial charge in [0.2, 0.25) is 0 Å². The molecule has 3 rings (SSSR count). The second-order valence-electron chi connectivity index (χ2n) is 7.14. The predicted octanol–water partition coefficient (Wildman–Crippen LogP) is 3.41. The highest BCUT2D eigenvalue weighted by molar-refractivity contribution is 5.91. The van der Waals surface area contributed by atoms with Gasteiger partial charge in [-0.3, -0.25) is 14.7 Å². The van der Waals surface area contributed by atoms with Crippen LogP contribution in [0, 0.1) is 0 Å². The van der Waals surface area contributed by atoms with Gasteiger partial charge < -0.3 is 20.1 Å². The van der Waals surface area contributed by atoms with Gasteiger partial charge in [0.15, 0.2) is 0 Å². The summed E-state index contributed by atoms with van der Waals surface area (Å²) in [5, 5.41) is 12.0. The summed E-state index contributed by atoms with van der Waals surface area (Å²) in [6.45, 7) is 2.73. The van der Waals surface area contributed by atoms with Crippen LogP contribution in [-0.4, -0.2) is 52.3 Å². The van der Waals surface area contributed by atoms with Crippen LogP contribution in [0.1, 0.15) is 30.8 Å². The number of nitrogens with zero attached hydrogens (tertiary/aromatic N) is 3. The molecule has 0 fully saturated rings. The van der Waals surface area contributed by atoms with Gasteiger partial charge >= 0.3 is 12.0 Å². The first-order chi connectivity index (χ1) is 15.5. The number of pyridine rings is 1. The van der Waals surface area contributed by atoms with E-state index in [9.17, 15) is 9.59 Å². The predicted molar refractivity (Wildman–Crippen MR) is 120 cm³/mol. The van der Waals surface area contributed by atoms with E-state index in [0.29, 0.717) is 31.0 Å². The number of carboxylic acid groups (broad SMARTS) is 1. The number of hydrogen-bond acceptors (Lipinski definition) is 5. The molecule has 0 aliphatic carbocycles. The van der Waals surface area contributed by atoms with Crippen LogP contribution in [0.4, 0.5) is 10.5 Å². The van der Waals surface area contributed by atoms with Crippen molar-refractivity contribution in [1.82, 2.24) is 20.3 Å². The molecule has 9 heteroatoms. The number of nitrogens with one attached hydrogen (secondary N) is 2. The van der Waals surface area contributed by atoms with Gasteiger partial charge in [0.25, 0.3) is 0 Å². The van der Waals surface area contributed by atoms with Crippen LogP contribution in [0.15, 0.2) is 55.0 Å². The van der Waals surface area contributed by atoms with E-state index in [1.54, 1.807) is 31.7 Å². The number of ether oxygens (including phenoxy) is 1. The number of carbonyl (C=O) groups excluding carboxylic acids is 1. The average molecular weight is 438 g/mol. The van der Waals surface area contributed by atoms with Crippen LogP contribution in [0.2, 0.25) is 0 Å². The Morgan fingerprint density at radius 2 is 1.97 bits per heavy atom. The van der Waals surface area contributed by atoms with Crippen molar-refractivity contribution >= 4 is 17.7 Å². The normalized spacial score (nSPS) is 11.7. The molecule has 9 nitrogen and oxygen atoms in total. The van der Waals surface area contributed by atoms with Gasteiger partial charge in [0, 0.05) is 56.5 Å². The zero-order valence-corrected chi connectivity index (χ0v) is 18.1. The summed E-state index contributed by atoms with van der Waals surface area (Å²) in [6, 6.07) is 10.8. The van der Waals surface area contributed by atoms with Crippen molar-refractivity contribution in [3.8, 4) is 11.3 Å². The molecule has 0 aliphatic rings. The maximum atomic E-state index is 12.5. The molecule has 3 N–H and O–H groups in total. The fraction of sp³-hybridized carbons (Fsp3) is 0.304. The Bertz CT molecular complexity index is 1020. The van der Waals surface area contributed by atoms with Crippen LogP contribution in [0.3, 0.4) is 0 Å². The third kappa shape index (κ3) is 6.14. The van der Waals surface area contributed by atoms with E-state index >= 15 is 0 Å². The van der Waals surface area contributed by atoms with Crippen molar-refractivity contribution in [2.75, 3.05) is 25.1 Å². The number of H-pyrrole nitrogens is 1. The zero-order valence-electron chi connectivity index (χ0n) is 18.1. The lowest BCUT2D eigenvalue weighted by Gasteiger charge is -2.19. The minimum absolute atomic E-state index is 0.0965. The Labute approximate surface area is 186 Å². The number of aliphatic carboxylic acids is 1. The average Bonchev–Trinajstić information content (AvgIpc) is 3.32. The molecule has 3 aromatic rings. The largest absolute Gasteiger partial charge is 0.481 e. The number of carbonyl (C=O) groups is 2. The van der Waals surface area contributed by atoms with Gasteiger partial charge in [0.1, 0.15) is 5.82 Å². The number of benzene rings is 1. The van der Waals surface area contributed by atoms with Crippen LogP contribution < -0.4 is 10.2 Å². The molecule has 0 saturated carbocycles. The number of urea groups is 1. The van der Waals surface area contributed by atoms with Gasteiger partial charge in [-0.1, -0.05) is 24.3 Å². The summed E-state index contributed by atoms with van der Waals surface area (Å²) in [6.07, 6.45) is 5.10. The molecule has 0 saturated heterocycles. The maximum absolute atomic E-state index is 12.5. The van der Waals surface area contributed by atoms with Gasteiger partial charge in [-0.15, -0.1) is 0 Å². The molecule has 32 heavy (non-hydrogen) atoms. The van der Waals surface area contributed by atoms with E-state index < -0.39 is 12.1 Å². The maximum Gasteiger partial charge on any atom is 0.321 e. The van der Waals surface area contributed by atoms with Gasteiger partial charge in [-0.25, -0.2) is 9.78 Å². The molecule has 2 amide bonds. The molecule has 2 heterocycles. The molecule has 2 aromatic heterocycles. The van der Waals surface area contributed by atoms with Crippen LogP contribution in [0.5, 0.6) is 0 Å². The third-order valence-electron chi connectivity index (χ3n) is 4.93. The second kappa shape index (κ2) is 11.1. The third-order valence-corrected chi connectivity index (χ3v) is 4.93. The molecule has 0 unspecified atom stereocenters. The van der Waals surface area contributed by atoms with Crippen molar-refractivity contribution in [2.45, 2.75) is 25.9 Å². The van der Waals surface area contributed by atoms with Crippen LogP contribution in [-0.2, 0) is 16.0 Å². The first-order valence-electron chi connectivity index (χ1n) is 10.4. The Morgan fingerprint density at radius 1 is 1.19 bits per heavy atom. The summed E-state index contributed by atoms with van der Waals surface area (Å²) >= 11 is 0. The minimum Gasteiger partial charge on any atom is -0.481 e. The second-order valence-corrected chi connectivity index (χ2v) is 7.14. The van der Waals surface area contributed by atoms with Crippen molar-refractivity contribution in [2.24, 2.45) is 0 Å². The van der Waals surface area contributed by atoms with E-state index in [1.807, 2.05) is 37.3 Å². The highest BCUT2D eigenvalue weighted by Crippen LogP contribution is 2.26. The number of aromatic amines is 1. The van der Waals surface area contributed by atoms with Crippen molar-refractivity contribution in [3.05, 3.63) is 66.4 Å². The number of rotatable bonds is 10. The number of carboxylic acids is 1. The van der Waals surface area contributed by atoms with E-state index in [1.165, 1.54) is 4.90 Å². The standard InChI is InChI=1S/C23H27N5O4/c1-3-32-20(15-22(29)30)17-6-4-16(5-7-17)19-14-18(8-10-24-19)28(2)23(31)27-11-9-21-25-12-13-26-21/h4-8,10,12-14,20H,3,9,11,15H2,1-2H3,(H,25,26)(H,27,31)(H,29,30)/t20-/m0/s1. The summed E-state index contributed by atoms with van der Waals surface area (Å²) in [5.41, 5.74) is 3.05. The summed E-state index contributed by atoms with van der Waals surface area (Å²) in [5.74, 6) is -0.0927. The fourth-order valence-corrected chi connectivity index (χ4v) is 3.25. The van der Waals surface area contributed by atoms with Crippen molar-refractivity contribution in [3.63, 3.8) is 0 Å². The van der Waals surface area contributed by atoms with Crippen LogP contribution >= 0.6 is 0 Å². The lowest BCUT2D eigenvalue weighted by atomic mass is 10.0. The monoisotopic (exact) mass is 437 g/mol. The van der Waals surface area contributed by atoms with E-state index in [0.717, 1.165) is 17.0 Å². The summed E-state index contributed by atoms with van der Waals surface area (Å²) in [4.78, 5) is 36.7. The van der Waals surface area contributed by atoms with Crippen LogP contribution in [0.25, 0.3) is 11.3 Å². The topological polar surface area (TPSA) is 120 Å². The molecule has 0 bridgehead atoms. The van der Waals surface area contributed by atoms with Crippen molar-refractivity contribution in [1.29, 1.82) is 0 Å². The Balaban J connectivity index is 1.66. The number of anilines is 1. The molecule has 1 aromatic carbocycles. The number of aromatic nitrogens is 3. The minimum atomic E-state index is -0.910. The quantitative estimate of drug-likeness (QED) is 0.447. The SMILES string of the molecule is CCO[C@@H](CC(=O)O)c1ccc(-c2cc(N(C)C(=O)NCCc3ncc[nH]3)ccn2)cc1. The van der Waals surface area contributed by atoms with Gasteiger partial charge in [-0.2, -0.15) is 0 Å². The molecular formula is C23H27N5O4. The van der Waals surface area contributed by atoms with Gasteiger partial charge in [0.05, 0.1) is 18.2 Å². The van der Waals surface area contributed by atoms with E-state index in [2.05, 4.69) is 20.3 Å². The molecule has 0 spiro atoms. The highest BCUT2D eigenvalue weighted by atomic mass is 16.5.